The Balaban J connectivity index is 2.12. The van der Waals surface area contributed by atoms with Gasteiger partial charge in [-0.2, -0.15) is 11.8 Å². The summed E-state index contributed by atoms with van der Waals surface area (Å²) in [4.78, 5) is 0. The molecule has 0 aliphatic heterocycles. The Bertz CT molecular complexity index is 271. The van der Waals surface area contributed by atoms with Crippen LogP contribution in [0.2, 0.25) is 0 Å². The van der Waals surface area contributed by atoms with Crippen LogP contribution in [0.15, 0.2) is 22.8 Å². The largest absolute Gasteiger partial charge is 0.468 e. The van der Waals surface area contributed by atoms with Gasteiger partial charge in [0.25, 0.3) is 0 Å². The summed E-state index contributed by atoms with van der Waals surface area (Å²) in [5.41, 5.74) is 0. The topological polar surface area (TPSA) is 25.2 Å². The number of rotatable bonds is 7. The maximum Gasteiger partial charge on any atom is 0.120 e. The summed E-state index contributed by atoms with van der Waals surface area (Å²) < 4.78 is 5.34. The Kier molecular flexibility index (Phi) is 5.99. The molecule has 1 N–H and O–H groups in total. The number of nitrogens with one attached hydrogen (secondary N) is 1. The molecule has 3 heteroatoms. The zero-order valence-corrected chi connectivity index (χ0v) is 11.5. The summed E-state index contributed by atoms with van der Waals surface area (Å²) in [5, 5.41) is 4.20. The van der Waals surface area contributed by atoms with Crippen LogP contribution in [0.25, 0.3) is 0 Å². The molecule has 0 amide bonds. The van der Waals surface area contributed by atoms with E-state index in [4.69, 9.17) is 4.42 Å². The van der Waals surface area contributed by atoms with E-state index >= 15 is 0 Å². The first-order valence-electron chi connectivity index (χ1n) is 5.99. The third kappa shape index (κ3) is 4.62. The van der Waals surface area contributed by atoms with Gasteiger partial charge in [-0.25, -0.2) is 0 Å². The van der Waals surface area contributed by atoms with Crippen molar-refractivity contribution >= 4 is 11.8 Å². The lowest BCUT2D eigenvalue weighted by molar-refractivity contribution is 0.438. The zero-order valence-electron chi connectivity index (χ0n) is 10.7. The molecule has 0 aliphatic rings. The molecule has 1 aromatic heterocycles. The fraction of sp³-hybridized carbons (Fsp3) is 0.692. The molecule has 1 rings (SSSR count). The molecule has 0 saturated carbocycles. The summed E-state index contributed by atoms with van der Waals surface area (Å²) in [6.45, 7) is 10.0. The summed E-state index contributed by atoms with van der Waals surface area (Å²) in [5.74, 6) is 2.93. The highest BCUT2D eigenvalue weighted by molar-refractivity contribution is 7.99. The van der Waals surface area contributed by atoms with Gasteiger partial charge in [0, 0.05) is 17.5 Å². The molecular weight excluding hydrogens is 218 g/mol. The Hall–Kier alpha value is -0.410. The predicted octanol–water partition coefficient (Wildman–Crippen LogP) is 3.71. The van der Waals surface area contributed by atoms with Crippen molar-refractivity contribution in [3.05, 3.63) is 24.2 Å². The monoisotopic (exact) mass is 241 g/mol. The van der Waals surface area contributed by atoms with Gasteiger partial charge in [0.15, 0.2) is 0 Å². The van der Waals surface area contributed by atoms with Crippen LogP contribution >= 0.6 is 11.8 Å². The lowest BCUT2D eigenvalue weighted by atomic mass is 10.2. The van der Waals surface area contributed by atoms with Crippen LogP contribution in [0.5, 0.6) is 0 Å². The van der Waals surface area contributed by atoms with E-state index in [-0.39, 0.29) is 0 Å². The van der Waals surface area contributed by atoms with Crippen LogP contribution in [0.3, 0.4) is 0 Å². The molecular formula is C13H23NOS. The summed E-state index contributed by atoms with van der Waals surface area (Å²) in [7, 11) is 0. The SMILES string of the molecule is CC(NCCSC(C)C(C)C)c1ccco1. The molecule has 16 heavy (non-hydrogen) atoms. The van der Waals surface area contributed by atoms with Crippen molar-refractivity contribution in [3.63, 3.8) is 0 Å². The van der Waals surface area contributed by atoms with E-state index in [1.807, 2.05) is 23.9 Å². The van der Waals surface area contributed by atoms with Crippen LogP contribution in [0, 0.1) is 5.92 Å². The molecule has 0 spiro atoms. The minimum atomic E-state index is 0.310. The summed E-state index contributed by atoms with van der Waals surface area (Å²) in [6.07, 6.45) is 1.73. The van der Waals surface area contributed by atoms with E-state index in [2.05, 4.69) is 33.0 Å². The third-order valence-electron chi connectivity index (χ3n) is 2.84. The van der Waals surface area contributed by atoms with Crippen molar-refractivity contribution in [1.29, 1.82) is 0 Å². The van der Waals surface area contributed by atoms with Gasteiger partial charge in [0.2, 0.25) is 0 Å². The fourth-order valence-corrected chi connectivity index (χ4v) is 2.34. The van der Waals surface area contributed by atoms with Crippen LogP contribution in [-0.4, -0.2) is 17.5 Å². The molecule has 2 atom stereocenters. The van der Waals surface area contributed by atoms with Crippen LogP contribution in [0.4, 0.5) is 0 Å². The standard InChI is InChI=1S/C13H23NOS/c1-10(2)12(4)16-9-7-14-11(3)13-6-5-8-15-13/h5-6,8,10-12,14H,7,9H2,1-4H3. The highest BCUT2D eigenvalue weighted by Gasteiger charge is 2.09. The van der Waals surface area contributed by atoms with Gasteiger partial charge >= 0.3 is 0 Å². The number of furan rings is 1. The molecule has 0 radical (unpaired) electrons. The lowest BCUT2D eigenvalue weighted by Crippen LogP contribution is -2.22. The van der Waals surface area contributed by atoms with E-state index in [9.17, 15) is 0 Å². The van der Waals surface area contributed by atoms with Crippen molar-refractivity contribution in [2.24, 2.45) is 5.92 Å². The van der Waals surface area contributed by atoms with Gasteiger partial charge in [-0.1, -0.05) is 20.8 Å². The summed E-state index contributed by atoms with van der Waals surface area (Å²) >= 11 is 2.03. The second-order valence-corrected chi connectivity index (χ2v) is 6.00. The maximum absolute atomic E-state index is 5.34. The first kappa shape index (κ1) is 13.7. The Morgan fingerprint density at radius 2 is 2.06 bits per heavy atom. The summed E-state index contributed by atoms with van der Waals surface area (Å²) in [6, 6.07) is 4.26. The molecule has 0 fully saturated rings. The Morgan fingerprint density at radius 3 is 2.62 bits per heavy atom. The van der Waals surface area contributed by atoms with E-state index in [0.717, 1.165) is 29.2 Å². The van der Waals surface area contributed by atoms with Gasteiger partial charge in [-0.15, -0.1) is 0 Å². The van der Waals surface area contributed by atoms with Crippen molar-refractivity contribution in [2.45, 2.75) is 39.0 Å². The van der Waals surface area contributed by atoms with Crippen molar-refractivity contribution in [1.82, 2.24) is 5.32 Å². The van der Waals surface area contributed by atoms with E-state index < -0.39 is 0 Å². The molecule has 0 aliphatic carbocycles. The van der Waals surface area contributed by atoms with E-state index in [0.29, 0.717) is 6.04 Å². The molecule has 1 aromatic rings. The van der Waals surface area contributed by atoms with Crippen LogP contribution in [0.1, 0.15) is 39.5 Å². The predicted molar refractivity (Wildman–Crippen MR) is 71.9 cm³/mol. The number of hydrogen-bond donors (Lipinski definition) is 1. The van der Waals surface area contributed by atoms with Crippen LogP contribution < -0.4 is 5.32 Å². The van der Waals surface area contributed by atoms with Crippen molar-refractivity contribution in [3.8, 4) is 0 Å². The first-order chi connectivity index (χ1) is 7.61. The number of thioether (sulfide) groups is 1. The highest BCUT2D eigenvalue weighted by atomic mass is 32.2. The van der Waals surface area contributed by atoms with Gasteiger partial charge in [0.1, 0.15) is 5.76 Å². The molecule has 0 aromatic carbocycles. The van der Waals surface area contributed by atoms with Gasteiger partial charge in [-0.05, 0) is 25.0 Å². The van der Waals surface area contributed by atoms with Gasteiger partial charge in [-0.3, -0.25) is 0 Å². The molecule has 92 valence electrons. The molecule has 1 heterocycles. The van der Waals surface area contributed by atoms with Gasteiger partial charge in [0.05, 0.1) is 12.3 Å². The van der Waals surface area contributed by atoms with Gasteiger partial charge < -0.3 is 9.73 Å². The number of hydrogen-bond acceptors (Lipinski definition) is 3. The fourth-order valence-electron chi connectivity index (χ4n) is 1.35. The lowest BCUT2D eigenvalue weighted by Gasteiger charge is -2.16. The normalized spacial score (nSPS) is 15.3. The van der Waals surface area contributed by atoms with Crippen molar-refractivity contribution < 1.29 is 4.42 Å². The molecule has 0 saturated heterocycles. The first-order valence-corrected chi connectivity index (χ1v) is 7.04. The second kappa shape index (κ2) is 7.02. The molecule has 0 bridgehead atoms. The molecule has 2 unspecified atom stereocenters. The quantitative estimate of drug-likeness (QED) is 0.737. The zero-order chi connectivity index (χ0) is 12.0. The molecule has 2 nitrogen and oxygen atoms in total. The Labute approximate surface area is 103 Å². The second-order valence-electron chi connectivity index (χ2n) is 4.51. The van der Waals surface area contributed by atoms with E-state index in [1.54, 1.807) is 6.26 Å². The average molecular weight is 241 g/mol. The van der Waals surface area contributed by atoms with Crippen LogP contribution in [-0.2, 0) is 0 Å². The van der Waals surface area contributed by atoms with E-state index in [1.165, 1.54) is 0 Å². The highest BCUT2D eigenvalue weighted by Crippen LogP contribution is 2.18. The maximum atomic E-state index is 5.34. The Morgan fingerprint density at radius 1 is 1.31 bits per heavy atom. The third-order valence-corrected chi connectivity index (χ3v) is 4.35. The van der Waals surface area contributed by atoms with Crippen molar-refractivity contribution in [2.75, 3.05) is 12.3 Å². The smallest absolute Gasteiger partial charge is 0.120 e. The minimum Gasteiger partial charge on any atom is -0.468 e. The minimum absolute atomic E-state index is 0.310. The average Bonchev–Trinajstić information content (AvgIpc) is 2.76.